The van der Waals surface area contributed by atoms with Crippen molar-refractivity contribution in [2.75, 3.05) is 13.1 Å². The predicted molar refractivity (Wildman–Crippen MR) is 85.4 cm³/mol. The number of para-hydroxylation sites is 1. The fourth-order valence-electron chi connectivity index (χ4n) is 3.88. The summed E-state index contributed by atoms with van der Waals surface area (Å²) in [6.07, 6.45) is 3.32. The summed E-state index contributed by atoms with van der Waals surface area (Å²) in [7, 11) is 0. The van der Waals surface area contributed by atoms with E-state index in [9.17, 15) is 4.79 Å². The fraction of sp³-hybridized carbons (Fsp3) is 0.500. The highest BCUT2D eigenvalue weighted by molar-refractivity contribution is 5.84. The maximum atomic E-state index is 12.4. The molecule has 2 fully saturated rings. The Hall–Kier alpha value is -1.81. The molecule has 1 aromatic carbocycles. The van der Waals surface area contributed by atoms with Gasteiger partial charge in [-0.05, 0) is 50.8 Å². The van der Waals surface area contributed by atoms with E-state index in [4.69, 9.17) is 4.42 Å². The average Bonchev–Trinajstić information content (AvgIpc) is 3.14. The molecule has 4 rings (SSSR count). The van der Waals surface area contributed by atoms with Gasteiger partial charge in [0.2, 0.25) is 5.91 Å². The molecule has 1 saturated carbocycles. The van der Waals surface area contributed by atoms with Gasteiger partial charge in [-0.1, -0.05) is 18.2 Å². The topological polar surface area (TPSA) is 54.3 Å². The van der Waals surface area contributed by atoms with Crippen molar-refractivity contribution in [2.45, 2.75) is 32.7 Å². The SMILES string of the molecule is Cc1c(CNC(=O)C2CC23CCNCC3)oc2ccccc12. The summed E-state index contributed by atoms with van der Waals surface area (Å²) in [5.41, 5.74) is 2.31. The summed E-state index contributed by atoms with van der Waals surface area (Å²) >= 11 is 0. The van der Waals surface area contributed by atoms with Gasteiger partial charge < -0.3 is 15.1 Å². The number of carbonyl (C=O) groups excluding carboxylic acids is 1. The number of furan rings is 1. The van der Waals surface area contributed by atoms with Gasteiger partial charge in [-0.25, -0.2) is 0 Å². The van der Waals surface area contributed by atoms with Crippen LogP contribution in [0, 0.1) is 18.3 Å². The van der Waals surface area contributed by atoms with Crippen LogP contribution in [-0.4, -0.2) is 19.0 Å². The van der Waals surface area contributed by atoms with Crippen LogP contribution in [0.5, 0.6) is 0 Å². The van der Waals surface area contributed by atoms with Gasteiger partial charge in [0.25, 0.3) is 0 Å². The maximum Gasteiger partial charge on any atom is 0.224 e. The second kappa shape index (κ2) is 5.13. The summed E-state index contributed by atoms with van der Waals surface area (Å²) in [6.45, 7) is 4.64. The molecular weight excluding hydrogens is 276 g/mol. The van der Waals surface area contributed by atoms with Crippen molar-refractivity contribution in [3.63, 3.8) is 0 Å². The van der Waals surface area contributed by atoms with Crippen molar-refractivity contribution in [1.29, 1.82) is 0 Å². The molecule has 2 heterocycles. The third kappa shape index (κ3) is 2.22. The Kier molecular flexibility index (Phi) is 3.22. The normalized spacial score (nSPS) is 22.9. The van der Waals surface area contributed by atoms with E-state index in [2.05, 4.69) is 23.6 Å². The van der Waals surface area contributed by atoms with Gasteiger partial charge in [0.05, 0.1) is 6.54 Å². The van der Waals surface area contributed by atoms with Crippen LogP contribution in [0.2, 0.25) is 0 Å². The zero-order valence-electron chi connectivity index (χ0n) is 12.9. The van der Waals surface area contributed by atoms with Crippen LogP contribution in [-0.2, 0) is 11.3 Å². The first-order chi connectivity index (χ1) is 10.7. The van der Waals surface area contributed by atoms with Crippen LogP contribution < -0.4 is 10.6 Å². The van der Waals surface area contributed by atoms with Crippen molar-refractivity contribution in [1.82, 2.24) is 10.6 Å². The number of hydrogen-bond donors (Lipinski definition) is 2. The molecule has 2 N–H and O–H groups in total. The second-order valence-electron chi connectivity index (χ2n) is 6.73. The molecule has 0 radical (unpaired) electrons. The Labute approximate surface area is 130 Å². The molecule has 0 bridgehead atoms. The van der Waals surface area contributed by atoms with Gasteiger partial charge in [-0.3, -0.25) is 4.79 Å². The molecule has 1 saturated heterocycles. The lowest BCUT2D eigenvalue weighted by Crippen LogP contribution is -2.33. The van der Waals surface area contributed by atoms with Crippen molar-refractivity contribution < 1.29 is 9.21 Å². The number of rotatable bonds is 3. The lowest BCUT2D eigenvalue weighted by atomic mass is 9.92. The first-order valence-corrected chi connectivity index (χ1v) is 8.15. The number of amides is 1. The fourth-order valence-corrected chi connectivity index (χ4v) is 3.88. The number of nitrogens with one attached hydrogen (secondary N) is 2. The Balaban J connectivity index is 1.42. The zero-order chi connectivity index (χ0) is 15.2. The van der Waals surface area contributed by atoms with E-state index in [1.807, 2.05) is 18.2 Å². The third-order valence-electron chi connectivity index (χ3n) is 5.47. The number of benzene rings is 1. The van der Waals surface area contributed by atoms with E-state index >= 15 is 0 Å². The molecule has 22 heavy (non-hydrogen) atoms. The molecule has 4 nitrogen and oxygen atoms in total. The largest absolute Gasteiger partial charge is 0.459 e. The molecular formula is C18H22N2O2. The molecule has 116 valence electrons. The lowest BCUT2D eigenvalue weighted by Gasteiger charge is -2.23. The highest BCUT2D eigenvalue weighted by Gasteiger charge is 2.57. The first kappa shape index (κ1) is 13.8. The summed E-state index contributed by atoms with van der Waals surface area (Å²) in [4.78, 5) is 12.4. The highest BCUT2D eigenvalue weighted by atomic mass is 16.3. The van der Waals surface area contributed by atoms with Crippen LogP contribution in [0.3, 0.4) is 0 Å². The van der Waals surface area contributed by atoms with Crippen LogP contribution in [0.15, 0.2) is 28.7 Å². The first-order valence-electron chi connectivity index (χ1n) is 8.15. The Morgan fingerprint density at radius 1 is 1.36 bits per heavy atom. The standard InChI is InChI=1S/C18H22N2O2/c1-12-13-4-2-3-5-15(13)22-16(12)11-20-17(21)14-10-18(14)6-8-19-9-7-18/h2-5,14,19H,6-11H2,1H3,(H,20,21). The molecule has 1 atom stereocenters. The molecule has 4 heteroatoms. The molecule has 1 spiro atoms. The third-order valence-corrected chi connectivity index (χ3v) is 5.47. The Bertz CT molecular complexity index is 713. The average molecular weight is 298 g/mol. The van der Waals surface area contributed by atoms with Crippen LogP contribution >= 0.6 is 0 Å². The van der Waals surface area contributed by atoms with Gasteiger partial charge in [-0.15, -0.1) is 0 Å². The van der Waals surface area contributed by atoms with Gasteiger partial charge in [0, 0.05) is 16.9 Å². The summed E-state index contributed by atoms with van der Waals surface area (Å²) in [6, 6.07) is 8.01. The smallest absolute Gasteiger partial charge is 0.224 e. The van der Waals surface area contributed by atoms with Crippen LogP contribution in [0.1, 0.15) is 30.6 Å². The van der Waals surface area contributed by atoms with E-state index in [1.165, 1.54) is 0 Å². The van der Waals surface area contributed by atoms with E-state index < -0.39 is 0 Å². The number of hydrogen-bond acceptors (Lipinski definition) is 3. The second-order valence-corrected chi connectivity index (χ2v) is 6.73. The summed E-state index contributed by atoms with van der Waals surface area (Å²) < 4.78 is 5.86. The van der Waals surface area contributed by atoms with E-state index in [-0.39, 0.29) is 17.2 Å². The van der Waals surface area contributed by atoms with E-state index in [0.29, 0.717) is 6.54 Å². The van der Waals surface area contributed by atoms with Crippen LogP contribution in [0.25, 0.3) is 11.0 Å². The number of aryl methyl sites for hydroxylation is 1. The zero-order valence-corrected chi connectivity index (χ0v) is 12.9. The van der Waals surface area contributed by atoms with Gasteiger partial charge >= 0.3 is 0 Å². The molecule has 1 amide bonds. The highest BCUT2D eigenvalue weighted by Crippen LogP contribution is 2.58. The van der Waals surface area contributed by atoms with Crippen LogP contribution in [0.4, 0.5) is 0 Å². The minimum atomic E-state index is 0.196. The summed E-state index contributed by atoms with van der Waals surface area (Å²) in [5.74, 6) is 1.27. The minimum absolute atomic E-state index is 0.196. The maximum absolute atomic E-state index is 12.4. The van der Waals surface area contributed by atoms with Crippen molar-refractivity contribution in [2.24, 2.45) is 11.3 Å². The molecule has 2 aliphatic rings. The lowest BCUT2D eigenvalue weighted by molar-refractivity contribution is -0.123. The van der Waals surface area contributed by atoms with Gasteiger partial charge in [0.15, 0.2) is 0 Å². The predicted octanol–water partition coefficient (Wildman–Crippen LogP) is 2.75. The Morgan fingerprint density at radius 2 is 2.14 bits per heavy atom. The van der Waals surface area contributed by atoms with Gasteiger partial charge in [-0.2, -0.15) is 0 Å². The summed E-state index contributed by atoms with van der Waals surface area (Å²) in [5, 5.41) is 7.59. The Morgan fingerprint density at radius 3 is 2.91 bits per heavy atom. The quantitative estimate of drug-likeness (QED) is 0.916. The number of carbonyl (C=O) groups is 1. The molecule has 2 aromatic rings. The minimum Gasteiger partial charge on any atom is -0.459 e. The molecule has 1 unspecified atom stereocenters. The molecule has 1 aliphatic heterocycles. The number of fused-ring (bicyclic) bond motifs is 1. The van der Waals surface area contributed by atoms with Crippen molar-refractivity contribution >= 4 is 16.9 Å². The monoisotopic (exact) mass is 298 g/mol. The van der Waals surface area contributed by atoms with Crippen molar-refractivity contribution in [3.8, 4) is 0 Å². The van der Waals surface area contributed by atoms with Gasteiger partial charge in [0.1, 0.15) is 11.3 Å². The molecule has 1 aromatic heterocycles. The molecule has 1 aliphatic carbocycles. The van der Waals surface area contributed by atoms with Crippen molar-refractivity contribution in [3.05, 3.63) is 35.6 Å². The van der Waals surface area contributed by atoms with E-state index in [0.717, 1.165) is 54.6 Å². The van der Waals surface area contributed by atoms with E-state index in [1.54, 1.807) is 0 Å². The number of piperidine rings is 1.